The summed E-state index contributed by atoms with van der Waals surface area (Å²) in [5, 5.41) is 3.12. The fraction of sp³-hybridized carbons (Fsp3) is 0.364. The summed E-state index contributed by atoms with van der Waals surface area (Å²) in [7, 11) is 2.96. The molecular formula is C11H13Br2NO3. The van der Waals surface area contributed by atoms with Gasteiger partial charge in [-0.3, -0.25) is 4.79 Å². The number of rotatable bonds is 5. The minimum atomic E-state index is -0.377. The molecule has 1 aromatic rings. The van der Waals surface area contributed by atoms with E-state index in [1.54, 1.807) is 7.11 Å². The standard InChI is InChI=1S/C11H13Br2NO3/c1-16-9-4-7(12)3-8(5-9)14-6-10(13)11(15)17-2/h3-5,10,14H,6H2,1-2H3. The van der Waals surface area contributed by atoms with Gasteiger partial charge in [0, 0.05) is 22.8 Å². The van der Waals surface area contributed by atoms with Crippen molar-refractivity contribution in [2.24, 2.45) is 0 Å². The van der Waals surface area contributed by atoms with Gasteiger partial charge >= 0.3 is 5.97 Å². The molecule has 0 heterocycles. The van der Waals surface area contributed by atoms with E-state index < -0.39 is 0 Å². The third-order valence-electron chi connectivity index (χ3n) is 2.05. The van der Waals surface area contributed by atoms with E-state index in [0.29, 0.717) is 6.54 Å². The van der Waals surface area contributed by atoms with Crippen LogP contribution in [-0.2, 0) is 9.53 Å². The summed E-state index contributed by atoms with van der Waals surface area (Å²) in [6.45, 7) is 0.437. The molecule has 1 aromatic carbocycles. The molecule has 0 bridgehead atoms. The van der Waals surface area contributed by atoms with Crippen LogP contribution in [0.3, 0.4) is 0 Å². The fourth-order valence-electron chi connectivity index (χ4n) is 1.20. The Balaban J connectivity index is 2.63. The summed E-state index contributed by atoms with van der Waals surface area (Å²) in [4.78, 5) is 10.8. The zero-order valence-corrected chi connectivity index (χ0v) is 12.7. The SMILES string of the molecule is COC(=O)C(Br)CNc1cc(Br)cc(OC)c1. The van der Waals surface area contributed by atoms with Gasteiger partial charge in [-0.1, -0.05) is 31.9 Å². The lowest BCUT2D eigenvalue weighted by Gasteiger charge is -2.11. The van der Waals surface area contributed by atoms with E-state index in [2.05, 4.69) is 41.9 Å². The molecule has 0 saturated heterocycles. The largest absolute Gasteiger partial charge is 0.497 e. The second kappa shape index (κ2) is 6.86. The van der Waals surface area contributed by atoms with Crippen molar-refractivity contribution in [1.29, 1.82) is 0 Å². The Morgan fingerprint density at radius 1 is 1.41 bits per heavy atom. The number of carbonyl (C=O) groups excluding carboxylic acids is 1. The molecule has 17 heavy (non-hydrogen) atoms. The van der Waals surface area contributed by atoms with Crippen molar-refractivity contribution in [3.05, 3.63) is 22.7 Å². The maximum absolute atomic E-state index is 11.2. The van der Waals surface area contributed by atoms with Crippen molar-refractivity contribution >= 4 is 43.5 Å². The van der Waals surface area contributed by atoms with Gasteiger partial charge in [-0.15, -0.1) is 0 Å². The molecule has 0 saturated carbocycles. The number of esters is 1. The number of nitrogens with one attached hydrogen (secondary N) is 1. The van der Waals surface area contributed by atoms with E-state index in [-0.39, 0.29) is 10.8 Å². The van der Waals surface area contributed by atoms with Gasteiger partial charge in [0.25, 0.3) is 0 Å². The van der Waals surface area contributed by atoms with E-state index >= 15 is 0 Å². The van der Waals surface area contributed by atoms with Crippen LogP contribution in [-0.4, -0.2) is 31.6 Å². The molecule has 0 aliphatic rings. The summed E-state index contributed by atoms with van der Waals surface area (Å²) in [6.07, 6.45) is 0. The zero-order chi connectivity index (χ0) is 12.8. The van der Waals surface area contributed by atoms with Crippen LogP contribution in [0.4, 0.5) is 5.69 Å². The van der Waals surface area contributed by atoms with Crippen molar-refractivity contribution in [2.45, 2.75) is 4.83 Å². The minimum Gasteiger partial charge on any atom is -0.497 e. The van der Waals surface area contributed by atoms with Gasteiger partial charge in [-0.05, 0) is 12.1 Å². The fourth-order valence-corrected chi connectivity index (χ4v) is 2.02. The van der Waals surface area contributed by atoms with Crippen LogP contribution >= 0.6 is 31.9 Å². The summed E-state index contributed by atoms with van der Waals surface area (Å²) >= 11 is 6.62. The van der Waals surface area contributed by atoms with Gasteiger partial charge in [0.1, 0.15) is 10.6 Å². The highest BCUT2D eigenvalue weighted by molar-refractivity contribution is 9.10. The predicted molar refractivity (Wildman–Crippen MR) is 73.9 cm³/mol. The highest BCUT2D eigenvalue weighted by Crippen LogP contribution is 2.24. The van der Waals surface area contributed by atoms with Crippen molar-refractivity contribution < 1.29 is 14.3 Å². The van der Waals surface area contributed by atoms with Crippen molar-refractivity contribution in [3.8, 4) is 5.75 Å². The van der Waals surface area contributed by atoms with Crippen molar-refractivity contribution in [3.63, 3.8) is 0 Å². The number of benzene rings is 1. The molecule has 94 valence electrons. The van der Waals surface area contributed by atoms with Crippen LogP contribution in [0, 0.1) is 0 Å². The lowest BCUT2D eigenvalue weighted by molar-refractivity contribution is -0.139. The summed E-state index contributed by atoms with van der Waals surface area (Å²) in [6, 6.07) is 5.61. The molecule has 6 heteroatoms. The average Bonchev–Trinajstić information content (AvgIpc) is 2.34. The van der Waals surface area contributed by atoms with E-state index in [0.717, 1.165) is 15.9 Å². The number of halogens is 2. The average molecular weight is 367 g/mol. The quantitative estimate of drug-likeness (QED) is 0.643. The van der Waals surface area contributed by atoms with E-state index in [1.807, 2.05) is 18.2 Å². The summed E-state index contributed by atoms with van der Waals surface area (Å²) in [5.74, 6) is 0.436. The van der Waals surface area contributed by atoms with Gasteiger partial charge in [0.05, 0.1) is 14.2 Å². The van der Waals surface area contributed by atoms with Gasteiger partial charge in [0.15, 0.2) is 0 Å². The van der Waals surface area contributed by atoms with Crippen molar-refractivity contribution in [1.82, 2.24) is 0 Å². The maximum Gasteiger partial charge on any atom is 0.321 e. The molecule has 1 N–H and O–H groups in total. The normalized spacial score (nSPS) is 11.8. The molecule has 4 nitrogen and oxygen atoms in total. The molecule has 1 rings (SSSR count). The third kappa shape index (κ3) is 4.55. The molecule has 0 aliphatic heterocycles. The van der Waals surface area contributed by atoms with Gasteiger partial charge < -0.3 is 14.8 Å². The van der Waals surface area contributed by atoms with Gasteiger partial charge in [0.2, 0.25) is 0 Å². The molecule has 1 atom stereocenters. The van der Waals surface area contributed by atoms with Crippen LogP contribution < -0.4 is 10.1 Å². The zero-order valence-electron chi connectivity index (χ0n) is 9.50. The molecule has 0 radical (unpaired) electrons. The first-order chi connectivity index (χ1) is 8.06. The number of methoxy groups -OCH3 is 2. The molecule has 0 aromatic heterocycles. The first kappa shape index (κ1) is 14.3. The van der Waals surface area contributed by atoms with Crippen LogP contribution in [0.2, 0.25) is 0 Å². The number of hydrogen-bond acceptors (Lipinski definition) is 4. The molecule has 1 unspecified atom stereocenters. The highest BCUT2D eigenvalue weighted by Gasteiger charge is 2.14. The second-order valence-electron chi connectivity index (χ2n) is 3.25. The number of hydrogen-bond donors (Lipinski definition) is 1. The lowest BCUT2D eigenvalue weighted by Crippen LogP contribution is -2.24. The Morgan fingerprint density at radius 2 is 2.12 bits per heavy atom. The lowest BCUT2D eigenvalue weighted by atomic mass is 10.3. The van der Waals surface area contributed by atoms with Crippen LogP contribution in [0.1, 0.15) is 0 Å². The van der Waals surface area contributed by atoms with Crippen LogP contribution in [0.5, 0.6) is 5.75 Å². The smallest absolute Gasteiger partial charge is 0.321 e. The van der Waals surface area contributed by atoms with E-state index in [1.165, 1.54) is 7.11 Å². The predicted octanol–water partition coefficient (Wildman–Crippen LogP) is 2.81. The van der Waals surface area contributed by atoms with Crippen LogP contribution in [0.15, 0.2) is 22.7 Å². The highest BCUT2D eigenvalue weighted by atomic mass is 79.9. The van der Waals surface area contributed by atoms with Crippen molar-refractivity contribution in [2.75, 3.05) is 26.1 Å². The first-order valence-corrected chi connectivity index (χ1v) is 6.58. The van der Waals surface area contributed by atoms with Gasteiger partial charge in [-0.25, -0.2) is 0 Å². The van der Waals surface area contributed by atoms with Crippen LogP contribution in [0.25, 0.3) is 0 Å². The molecule has 0 aliphatic carbocycles. The molecule has 0 fully saturated rings. The third-order valence-corrected chi connectivity index (χ3v) is 3.20. The second-order valence-corrected chi connectivity index (χ2v) is 5.27. The maximum atomic E-state index is 11.2. The Bertz CT molecular complexity index is 398. The van der Waals surface area contributed by atoms with E-state index in [9.17, 15) is 4.79 Å². The first-order valence-electron chi connectivity index (χ1n) is 4.87. The monoisotopic (exact) mass is 365 g/mol. The van der Waals surface area contributed by atoms with Gasteiger partial charge in [-0.2, -0.15) is 0 Å². The molecular weight excluding hydrogens is 354 g/mol. The molecule has 0 amide bonds. The Morgan fingerprint density at radius 3 is 2.71 bits per heavy atom. The minimum absolute atomic E-state index is 0.306. The number of ether oxygens (including phenoxy) is 2. The van der Waals surface area contributed by atoms with E-state index in [4.69, 9.17) is 4.74 Å². The topological polar surface area (TPSA) is 47.6 Å². The number of carbonyl (C=O) groups is 1. The number of anilines is 1. The molecule has 0 spiro atoms. The Labute approximate surface area is 117 Å². The summed E-state index contributed by atoms with van der Waals surface area (Å²) in [5.41, 5.74) is 0.865. The Hall–Kier alpha value is -0.750. The number of alkyl halides is 1. The Kier molecular flexibility index (Phi) is 5.77. The summed E-state index contributed by atoms with van der Waals surface area (Å²) < 4.78 is 10.7.